The third-order valence-electron chi connectivity index (χ3n) is 6.12. The van der Waals surface area contributed by atoms with Crippen LogP contribution in [0.5, 0.6) is 0 Å². The largest absolute Gasteiger partial charge is 0.390 e. The molecule has 3 fully saturated rings. The van der Waals surface area contributed by atoms with Gasteiger partial charge < -0.3 is 24.1 Å². The van der Waals surface area contributed by atoms with Crippen molar-refractivity contribution in [2.75, 3.05) is 19.8 Å². The van der Waals surface area contributed by atoms with Crippen molar-refractivity contribution in [3.63, 3.8) is 0 Å². The average Bonchev–Trinajstić information content (AvgIpc) is 3.00. The van der Waals surface area contributed by atoms with Gasteiger partial charge in [0.05, 0.1) is 30.5 Å². The highest BCUT2D eigenvalue weighted by Gasteiger charge is 2.56. The van der Waals surface area contributed by atoms with E-state index in [9.17, 15) is 5.11 Å². The molecule has 2 aliphatic heterocycles. The second-order valence-corrected chi connectivity index (χ2v) is 9.08. The molecule has 0 radical (unpaired) electrons. The van der Waals surface area contributed by atoms with Crippen LogP contribution in [0.25, 0.3) is 0 Å². The molecule has 1 saturated carbocycles. The molecule has 0 aromatic heterocycles. The topological polar surface area (TPSA) is 60.5 Å². The zero-order chi connectivity index (χ0) is 18.1. The normalized spacial score (nSPS) is 39.2. The van der Waals surface area contributed by atoms with Gasteiger partial charge in [0.15, 0.2) is 6.29 Å². The maximum absolute atomic E-state index is 9.86. The van der Waals surface area contributed by atoms with E-state index in [4.69, 9.17) is 18.9 Å². The quantitative estimate of drug-likeness (QED) is 0.643. The summed E-state index contributed by atoms with van der Waals surface area (Å²) in [5.74, 6) is 0.952. The molecule has 2 heterocycles. The minimum absolute atomic E-state index is 0.0465. The predicted molar refractivity (Wildman–Crippen MR) is 95.4 cm³/mol. The van der Waals surface area contributed by atoms with E-state index < -0.39 is 5.60 Å². The molecular weight excluding hydrogens is 320 g/mol. The van der Waals surface area contributed by atoms with E-state index in [1.165, 1.54) is 0 Å². The van der Waals surface area contributed by atoms with Crippen LogP contribution in [0.15, 0.2) is 0 Å². The van der Waals surface area contributed by atoms with Crippen LogP contribution < -0.4 is 0 Å². The lowest BCUT2D eigenvalue weighted by molar-refractivity contribution is -0.113. The number of hydrogen-bond donors (Lipinski definition) is 1. The second-order valence-electron chi connectivity index (χ2n) is 9.08. The zero-order valence-corrected chi connectivity index (χ0v) is 16.3. The molecular formula is C20H36O5. The molecule has 1 aliphatic carbocycles. The van der Waals surface area contributed by atoms with Crippen LogP contribution in [-0.4, -0.2) is 54.6 Å². The second kappa shape index (κ2) is 7.81. The first kappa shape index (κ1) is 19.6. The van der Waals surface area contributed by atoms with Crippen LogP contribution in [0, 0.1) is 11.8 Å². The first-order valence-corrected chi connectivity index (χ1v) is 10.0. The van der Waals surface area contributed by atoms with Crippen LogP contribution in [0.2, 0.25) is 0 Å². The standard InChI is InChI=1S/C20H36O5/c1-5-14(6-8-19(2,3)21)11-22-12-16-13-23-18(24-16)15-7-9-20(4)17(10-15)25-20/h14-18,21H,5-13H2,1-4H3. The lowest BCUT2D eigenvalue weighted by Gasteiger charge is -2.26. The summed E-state index contributed by atoms with van der Waals surface area (Å²) in [6, 6.07) is 0. The fourth-order valence-electron chi connectivity index (χ4n) is 4.05. The van der Waals surface area contributed by atoms with E-state index in [2.05, 4.69) is 13.8 Å². The fraction of sp³-hybridized carbons (Fsp3) is 1.00. The SMILES string of the molecule is CCC(CCC(C)(C)O)COCC1COC(C2CCC3(C)OC3C2)O1. The van der Waals surface area contributed by atoms with Crippen molar-refractivity contribution in [3.05, 3.63) is 0 Å². The van der Waals surface area contributed by atoms with E-state index in [0.29, 0.717) is 31.2 Å². The number of ether oxygens (including phenoxy) is 4. The summed E-state index contributed by atoms with van der Waals surface area (Å²) in [6.07, 6.45) is 6.55. The van der Waals surface area contributed by atoms with E-state index >= 15 is 0 Å². The van der Waals surface area contributed by atoms with Gasteiger partial charge >= 0.3 is 0 Å². The van der Waals surface area contributed by atoms with Crippen molar-refractivity contribution >= 4 is 0 Å². The summed E-state index contributed by atoms with van der Waals surface area (Å²) in [5.41, 5.74) is -0.444. The lowest BCUT2D eigenvalue weighted by Crippen LogP contribution is -2.31. The number of rotatable bonds is 9. The lowest BCUT2D eigenvalue weighted by atomic mass is 9.82. The highest BCUT2D eigenvalue weighted by atomic mass is 16.7. The van der Waals surface area contributed by atoms with E-state index in [1.54, 1.807) is 0 Å². The minimum atomic E-state index is -0.593. The molecule has 2 saturated heterocycles. The Hall–Kier alpha value is -0.200. The number of fused-ring (bicyclic) bond motifs is 1. The van der Waals surface area contributed by atoms with Gasteiger partial charge in [0.1, 0.15) is 6.10 Å². The van der Waals surface area contributed by atoms with E-state index in [1.807, 2.05) is 13.8 Å². The Morgan fingerprint density at radius 2 is 2.16 bits per heavy atom. The van der Waals surface area contributed by atoms with Gasteiger partial charge in [-0.3, -0.25) is 0 Å². The minimum Gasteiger partial charge on any atom is -0.390 e. The van der Waals surface area contributed by atoms with Crippen LogP contribution in [0.3, 0.4) is 0 Å². The third-order valence-corrected chi connectivity index (χ3v) is 6.12. The summed E-state index contributed by atoms with van der Waals surface area (Å²) < 4.78 is 23.7. The number of aliphatic hydroxyl groups is 1. The molecule has 0 aromatic rings. The monoisotopic (exact) mass is 356 g/mol. The van der Waals surface area contributed by atoms with Crippen LogP contribution in [0.4, 0.5) is 0 Å². The molecule has 3 rings (SSSR count). The molecule has 0 spiro atoms. The average molecular weight is 357 g/mol. The van der Waals surface area contributed by atoms with Gasteiger partial charge in [-0.2, -0.15) is 0 Å². The van der Waals surface area contributed by atoms with Gasteiger partial charge in [0.2, 0.25) is 0 Å². The smallest absolute Gasteiger partial charge is 0.161 e. The first-order chi connectivity index (χ1) is 11.8. The third kappa shape index (κ3) is 5.39. The summed E-state index contributed by atoms with van der Waals surface area (Å²) in [7, 11) is 0. The molecule has 5 nitrogen and oxygen atoms in total. The van der Waals surface area contributed by atoms with Crippen molar-refractivity contribution in [2.24, 2.45) is 11.8 Å². The molecule has 6 atom stereocenters. The molecule has 146 valence electrons. The van der Waals surface area contributed by atoms with E-state index in [0.717, 1.165) is 45.1 Å². The molecule has 0 amide bonds. The Morgan fingerprint density at radius 1 is 1.36 bits per heavy atom. The van der Waals surface area contributed by atoms with Gasteiger partial charge in [-0.25, -0.2) is 0 Å². The van der Waals surface area contributed by atoms with Crippen LogP contribution in [-0.2, 0) is 18.9 Å². The Kier molecular flexibility index (Phi) is 6.11. The van der Waals surface area contributed by atoms with Crippen LogP contribution >= 0.6 is 0 Å². The van der Waals surface area contributed by atoms with Gasteiger partial charge in [-0.05, 0) is 58.8 Å². The highest BCUT2D eigenvalue weighted by molar-refractivity contribution is 5.04. The molecule has 1 N–H and O–H groups in total. The predicted octanol–water partition coefficient (Wildman–Crippen LogP) is 3.28. The van der Waals surface area contributed by atoms with Crippen molar-refractivity contribution in [2.45, 2.75) is 95.9 Å². The summed E-state index contributed by atoms with van der Waals surface area (Å²) in [5, 5.41) is 9.86. The fourth-order valence-corrected chi connectivity index (χ4v) is 4.05. The van der Waals surface area contributed by atoms with Gasteiger partial charge in [0.25, 0.3) is 0 Å². The Balaban J connectivity index is 1.32. The first-order valence-electron chi connectivity index (χ1n) is 10.0. The Morgan fingerprint density at radius 3 is 2.84 bits per heavy atom. The van der Waals surface area contributed by atoms with Crippen molar-refractivity contribution in [3.8, 4) is 0 Å². The zero-order valence-electron chi connectivity index (χ0n) is 16.3. The summed E-state index contributed by atoms with van der Waals surface area (Å²) >= 11 is 0. The molecule has 0 bridgehead atoms. The van der Waals surface area contributed by atoms with Crippen molar-refractivity contribution in [1.29, 1.82) is 0 Å². The molecule has 5 heteroatoms. The van der Waals surface area contributed by atoms with E-state index in [-0.39, 0.29) is 18.0 Å². The van der Waals surface area contributed by atoms with Crippen molar-refractivity contribution < 1.29 is 24.1 Å². The molecule has 3 aliphatic rings. The molecule has 6 unspecified atom stereocenters. The number of epoxide rings is 1. The number of hydrogen-bond acceptors (Lipinski definition) is 5. The summed E-state index contributed by atoms with van der Waals surface area (Å²) in [6.45, 7) is 10.1. The molecule has 0 aromatic carbocycles. The highest BCUT2D eigenvalue weighted by Crippen LogP contribution is 2.50. The van der Waals surface area contributed by atoms with Crippen molar-refractivity contribution in [1.82, 2.24) is 0 Å². The Bertz CT molecular complexity index is 434. The summed E-state index contributed by atoms with van der Waals surface area (Å²) in [4.78, 5) is 0. The van der Waals surface area contributed by atoms with Crippen LogP contribution in [0.1, 0.15) is 66.2 Å². The molecule has 25 heavy (non-hydrogen) atoms. The maximum Gasteiger partial charge on any atom is 0.161 e. The van der Waals surface area contributed by atoms with Gasteiger partial charge in [-0.15, -0.1) is 0 Å². The maximum atomic E-state index is 9.86. The Labute approximate surface area is 152 Å². The van der Waals surface area contributed by atoms with Gasteiger partial charge in [0, 0.05) is 12.5 Å². The van der Waals surface area contributed by atoms with Gasteiger partial charge in [-0.1, -0.05) is 13.3 Å².